The molecule has 7 heteroatoms. The van der Waals surface area contributed by atoms with Gasteiger partial charge in [0.05, 0.1) is 0 Å². The van der Waals surface area contributed by atoms with Crippen LogP contribution in [0, 0.1) is 0 Å². The van der Waals surface area contributed by atoms with Gasteiger partial charge < -0.3 is 15.3 Å². The Bertz CT molecular complexity index is 196. The highest BCUT2D eigenvalue weighted by atomic mass is 35.6. The smallest absolute Gasteiger partial charge is 0.234 e. The van der Waals surface area contributed by atoms with Crippen LogP contribution in [0.5, 0.6) is 0 Å². The van der Waals surface area contributed by atoms with Crippen LogP contribution in [0.25, 0.3) is 0 Å². The fraction of sp³-hybridized carbons (Fsp3) is 0.800. The van der Waals surface area contributed by atoms with E-state index in [-0.39, 0.29) is 0 Å². The predicted octanol–water partition coefficient (Wildman–Crippen LogP) is 0.865. The third-order valence-corrected chi connectivity index (χ3v) is 2.44. The van der Waals surface area contributed by atoms with Gasteiger partial charge in [0.2, 0.25) is 3.79 Å². The Kier molecular flexibility index (Phi) is 3.28. The Hall–Kier alpha value is 0.520. The van der Waals surface area contributed by atoms with E-state index in [2.05, 4.69) is 5.32 Å². The van der Waals surface area contributed by atoms with Crippen LogP contribution in [0.2, 0.25) is 0 Å². The molecule has 1 saturated heterocycles. The molecule has 0 aromatic heterocycles. The minimum Gasteiger partial charge on any atom is -0.369 e. The first-order valence-electron chi connectivity index (χ1n) is 3.22. The van der Waals surface area contributed by atoms with Crippen molar-refractivity contribution in [2.75, 3.05) is 13.1 Å². The predicted molar refractivity (Wildman–Crippen MR) is 53.6 cm³/mol. The Morgan fingerprint density at radius 1 is 1.58 bits per heavy atom. The summed E-state index contributed by atoms with van der Waals surface area (Å²) in [6.45, 7) is 1.21. The second-order valence-corrected chi connectivity index (χ2v) is 5.10. The first-order chi connectivity index (χ1) is 5.43. The van der Waals surface area contributed by atoms with Crippen molar-refractivity contribution >= 4 is 52.1 Å². The van der Waals surface area contributed by atoms with E-state index in [0.29, 0.717) is 18.2 Å². The number of nitrogens with zero attached hydrogens (tertiary/aromatic N) is 1. The number of halogens is 3. The molecule has 0 amide bonds. The average molecular weight is 250 g/mol. The molecule has 0 spiro atoms. The van der Waals surface area contributed by atoms with Crippen molar-refractivity contribution in [2.45, 2.75) is 10.0 Å². The van der Waals surface area contributed by atoms with Gasteiger partial charge in [0, 0.05) is 13.1 Å². The molecule has 1 unspecified atom stereocenters. The number of alkyl halides is 3. The van der Waals surface area contributed by atoms with Crippen molar-refractivity contribution in [3.63, 3.8) is 0 Å². The molecule has 1 heterocycles. The maximum Gasteiger partial charge on any atom is 0.234 e. The van der Waals surface area contributed by atoms with Gasteiger partial charge in [0.1, 0.15) is 0 Å². The summed E-state index contributed by atoms with van der Waals surface area (Å²) in [6.07, 6.45) is -1.19. The van der Waals surface area contributed by atoms with E-state index in [0.717, 1.165) is 0 Å². The van der Waals surface area contributed by atoms with E-state index in [9.17, 15) is 5.11 Å². The minimum atomic E-state index is -1.73. The quantitative estimate of drug-likeness (QED) is 0.534. The van der Waals surface area contributed by atoms with Crippen molar-refractivity contribution in [1.29, 1.82) is 0 Å². The molecule has 1 aliphatic rings. The van der Waals surface area contributed by atoms with Crippen LogP contribution in [0.3, 0.4) is 0 Å². The Morgan fingerprint density at radius 2 is 2.17 bits per heavy atom. The van der Waals surface area contributed by atoms with Gasteiger partial charge in [0.15, 0.2) is 11.3 Å². The monoisotopic (exact) mass is 248 g/mol. The van der Waals surface area contributed by atoms with Crippen LogP contribution < -0.4 is 5.32 Å². The zero-order chi connectivity index (χ0) is 9.35. The van der Waals surface area contributed by atoms with Gasteiger partial charge in [0.25, 0.3) is 0 Å². The van der Waals surface area contributed by atoms with E-state index in [4.69, 9.17) is 47.0 Å². The molecule has 3 nitrogen and oxygen atoms in total. The van der Waals surface area contributed by atoms with Crippen molar-refractivity contribution in [3.05, 3.63) is 0 Å². The standard InChI is InChI=1S/C5H7Cl3N2OS/c6-5(7,8)3(11)10-2-1-9-4(10)12/h3,11H,1-2H2,(H,9,12). The Morgan fingerprint density at radius 3 is 2.50 bits per heavy atom. The number of hydrogen-bond donors (Lipinski definition) is 2. The first-order valence-corrected chi connectivity index (χ1v) is 4.76. The molecule has 0 aromatic carbocycles. The highest BCUT2D eigenvalue weighted by Crippen LogP contribution is 2.32. The fourth-order valence-electron chi connectivity index (χ4n) is 0.896. The van der Waals surface area contributed by atoms with E-state index < -0.39 is 10.0 Å². The number of aliphatic hydroxyl groups is 1. The summed E-state index contributed by atoms with van der Waals surface area (Å²) in [5.74, 6) is 0. The molecule has 0 saturated carbocycles. The molecule has 2 N–H and O–H groups in total. The topological polar surface area (TPSA) is 35.5 Å². The lowest BCUT2D eigenvalue weighted by molar-refractivity contribution is 0.0665. The highest BCUT2D eigenvalue weighted by Gasteiger charge is 2.38. The first kappa shape index (κ1) is 10.6. The van der Waals surface area contributed by atoms with Gasteiger partial charge >= 0.3 is 0 Å². The number of nitrogens with one attached hydrogen (secondary N) is 1. The van der Waals surface area contributed by atoms with Crippen LogP contribution in [-0.4, -0.2) is 38.2 Å². The molecule has 0 aliphatic carbocycles. The molecule has 1 atom stereocenters. The summed E-state index contributed by atoms with van der Waals surface area (Å²) >= 11 is 21.3. The van der Waals surface area contributed by atoms with Gasteiger partial charge in [-0.3, -0.25) is 0 Å². The van der Waals surface area contributed by atoms with Gasteiger partial charge in [-0.2, -0.15) is 0 Å². The summed E-state index contributed by atoms with van der Waals surface area (Å²) in [6, 6.07) is 0. The van der Waals surface area contributed by atoms with Gasteiger partial charge in [-0.15, -0.1) is 0 Å². The van der Waals surface area contributed by atoms with Crippen molar-refractivity contribution in [2.24, 2.45) is 0 Å². The Balaban J connectivity index is 2.63. The molecule has 12 heavy (non-hydrogen) atoms. The molecular weight excluding hydrogens is 242 g/mol. The van der Waals surface area contributed by atoms with E-state index in [1.807, 2.05) is 0 Å². The van der Waals surface area contributed by atoms with Crippen molar-refractivity contribution in [1.82, 2.24) is 10.2 Å². The molecular formula is C5H7Cl3N2OS. The summed E-state index contributed by atoms with van der Waals surface area (Å²) in [7, 11) is 0. The lowest BCUT2D eigenvalue weighted by atomic mass is 10.5. The number of aliphatic hydroxyl groups excluding tert-OH is 1. The van der Waals surface area contributed by atoms with Crippen LogP contribution in [0.15, 0.2) is 0 Å². The summed E-state index contributed by atoms with van der Waals surface area (Å²) in [5, 5.41) is 12.7. The Labute approximate surface area is 90.6 Å². The molecule has 1 aliphatic heterocycles. The van der Waals surface area contributed by atoms with Crippen molar-refractivity contribution < 1.29 is 5.11 Å². The third kappa shape index (κ3) is 2.26. The van der Waals surface area contributed by atoms with Gasteiger partial charge in [-0.25, -0.2) is 0 Å². The van der Waals surface area contributed by atoms with Gasteiger partial charge in [-0.05, 0) is 12.2 Å². The molecule has 0 bridgehead atoms. The van der Waals surface area contributed by atoms with Crippen molar-refractivity contribution in [3.8, 4) is 0 Å². The molecule has 70 valence electrons. The molecule has 1 rings (SSSR count). The minimum absolute atomic E-state index is 0.411. The second-order valence-electron chi connectivity index (χ2n) is 2.34. The maximum absolute atomic E-state index is 9.46. The second kappa shape index (κ2) is 3.72. The van der Waals surface area contributed by atoms with Crippen LogP contribution in [-0.2, 0) is 0 Å². The average Bonchev–Trinajstić information content (AvgIpc) is 2.31. The SMILES string of the molecule is OC(N1CCNC1=S)C(Cl)(Cl)Cl. The zero-order valence-corrected chi connectivity index (χ0v) is 9.01. The molecule has 0 aromatic rings. The van der Waals surface area contributed by atoms with Crippen LogP contribution >= 0.6 is 47.0 Å². The number of hydrogen-bond acceptors (Lipinski definition) is 2. The third-order valence-electron chi connectivity index (χ3n) is 1.48. The summed E-state index contributed by atoms with van der Waals surface area (Å²) in [5.41, 5.74) is 0. The number of rotatable bonds is 1. The number of thiocarbonyl (C=S) groups is 1. The van der Waals surface area contributed by atoms with Gasteiger partial charge in [-0.1, -0.05) is 34.8 Å². The lowest BCUT2D eigenvalue weighted by Gasteiger charge is -2.28. The van der Waals surface area contributed by atoms with Crippen LogP contribution in [0.4, 0.5) is 0 Å². The fourth-order valence-corrected chi connectivity index (χ4v) is 1.54. The molecule has 1 fully saturated rings. The summed E-state index contributed by atoms with van der Waals surface area (Å²) in [4.78, 5) is 1.43. The van der Waals surface area contributed by atoms with E-state index in [1.54, 1.807) is 0 Å². The van der Waals surface area contributed by atoms with E-state index in [1.165, 1.54) is 4.90 Å². The normalized spacial score (nSPS) is 21.0. The maximum atomic E-state index is 9.46. The van der Waals surface area contributed by atoms with Crippen LogP contribution in [0.1, 0.15) is 0 Å². The molecule has 0 radical (unpaired) electrons. The van der Waals surface area contributed by atoms with E-state index >= 15 is 0 Å². The largest absolute Gasteiger partial charge is 0.369 e. The highest BCUT2D eigenvalue weighted by molar-refractivity contribution is 7.80. The zero-order valence-electron chi connectivity index (χ0n) is 5.93. The lowest BCUT2D eigenvalue weighted by Crippen LogP contribution is -2.45. The summed E-state index contributed by atoms with van der Waals surface area (Å²) < 4.78 is -1.73.